The monoisotopic (exact) mass is 321 g/mol. The van der Waals surface area contributed by atoms with Crippen LogP contribution < -0.4 is 5.73 Å². The van der Waals surface area contributed by atoms with Crippen molar-refractivity contribution in [3.63, 3.8) is 0 Å². The number of nitrogen functional groups attached to an aromatic ring is 1. The smallest absolute Gasteiger partial charge is 0.129 e. The first-order valence-electron chi connectivity index (χ1n) is 6.25. The first-order valence-corrected chi connectivity index (χ1v) is 7.01. The highest BCUT2D eigenvalue weighted by molar-refractivity contribution is 6.42. The van der Waals surface area contributed by atoms with Crippen LogP contribution >= 0.6 is 23.2 Å². The van der Waals surface area contributed by atoms with Crippen LogP contribution in [0.2, 0.25) is 10.0 Å². The van der Waals surface area contributed by atoms with Gasteiger partial charge in [0.2, 0.25) is 0 Å². The number of benzene rings is 1. The van der Waals surface area contributed by atoms with Gasteiger partial charge in [0.15, 0.2) is 0 Å². The van der Waals surface area contributed by atoms with Crippen molar-refractivity contribution in [3.05, 3.63) is 40.5 Å². The summed E-state index contributed by atoms with van der Waals surface area (Å²) in [5.74, 6) is 0.550. The molecule has 1 aromatic carbocycles. The number of nitrogens with two attached hydrogens (primary N) is 1. The molecule has 0 bridgehead atoms. The molecule has 0 fully saturated rings. The van der Waals surface area contributed by atoms with Crippen LogP contribution in [0.3, 0.4) is 0 Å². The normalized spacial score (nSPS) is 11.0. The fourth-order valence-corrected chi connectivity index (χ4v) is 2.49. The van der Waals surface area contributed by atoms with Crippen molar-refractivity contribution in [1.29, 1.82) is 0 Å². The Morgan fingerprint density at radius 1 is 1.05 bits per heavy atom. The molecule has 21 heavy (non-hydrogen) atoms. The summed E-state index contributed by atoms with van der Waals surface area (Å²) < 4.78 is 3.35. The van der Waals surface area contributed by atoms with Gasteiger partial charge in [0, 0.05) is 20.3 Å². The molecule has 7 heteroatoms. The maximum atomic E-state index is 6.16. The molecule has 0 saturated heterocycles. The van der Waals surface area contributed by atoms with E-state index in [0.29, 0.717) is 21.6 Å². The van der Waals surface area contributed by atoms with Crippen LogP contribution in [-0.2, 0) is 14.1 Å². The summed E-state index contributed by atoms with van der Waals surface area (Å²) >= 11 is 12.1. The van der Waals surface area contributed by atoms with Crippen molar-refractivity contribution in [2.45, 2.75) is 0 Å². The van der Waals surface area contributed by atoms with Crippen molar-refractivity contribution in [1.82, 2.24) is 19.6 Å². The first-order chi connectivity index (χ1) is 9.97. The highest BCUT2D eigenvalue weighted by atomic mass is 35.5. The van der Waals surface area contributed by atoms with E-state index >= 15 is 0 Å². The van der Waals surface area contributed by atoms with Crippen LogP contribution in [0.4, 0.5) is 5.82 Å². The number of rotatable bonds is 2. The van der Waals surface area contributed by atoms with Gasteiger partial charge in [-0.25, -0.2) is 0 Å². The van der Waals surface area contributed by atoms with E-state index in [1.807, 2.05) is 25.4 Å². The summed E-state index contributed by atoms with van der Waals surface area (Å²) in [5, 5.41) is 9.83. The zero-order chi connectivity index (χ0) is 15.1. The van der Waals surface area contributed by atoms with Gasteiger partial charge < -0.3 is 5.73 Å². The van der Waals surface area contributed by atoms with Crippen molar-refractivity contribution in [2.75, 3.05) is 5.73 Å². The first kappa shape index (κ1) is 14.0. The van der Waals surface area contributed by atoms with Gasteiger partial charge in [0.25, 0.3) is 0 Å². The number of hydrogen-bond acceptors (Lipinski definition) is 3. The highest BCUT2D eigenvalue weighted by Gasteiger charge is 2.19. The Morgan fingerprint density at radius 3 is 2.43 bits per heavy atom. The molecule has 0 aliphatic rings. The molecule has 108 valence electrons. The largest absolute Gasteiger partial charge is 0.383 e. The summed E-state index contributed by atoms with van der Waals surface area (Å²) in [6.07, 6.45) is 1.86. The van der Waals surface area contributed by atoms with Gasteiger partial charge >= 0.3 is 0 Å². The molecule has 0 unspecified atom stereocenters. The lowest BCUT2D eigenvalue weighted by Gasteiger charge is -2.04. The third-order valence-electron chi connectivity index (χ3n) is 3.26. The molecule has 2 aromatic heterocycles. The average Bonchev–Trinajstić information content (AvgIpc) is 2.99. The zero-order valence-electron chi connectivity index (χ0n) is 11.5. The van der Waals surface area contributed by atoms with E-state index in [2.05, 4.69) is 10.2 Å². The molecule has 3 rings (SSSR count). The number of nitrogens with zero attached hydrogens (tertiary/aromatic N) is 4. The van der Waals surface area contributed by atoms with E-state index in [-0.39, 0.29) is 0 Å². The molecule has 0 amide bonds. The van der Waals surface area contributed by atoms with Crippen LogP contribution in [0.5, 0.6) is 0 Å². The third-order valence-corrected chi connectivity index (χ3v) is 4.00. The van der Waals surface area contributed by atoms with E-state index in [1.165, 1.54) is 0 Å². The number of aromatic nitrogens is 4. The summed E-state index contributed by atoms with van der Waals surface area (Å²) in [6.45, 7) is 0. The van der Waals surface area contributed by atoms with E-state index in [0.717, 1.165) is 16.8 Å². The molecule has 3 aromatic rings. The van der Waals surface area contributed by atoms with E-state index in [4.69, 9.17) is 28.9 Å². The minimum Gasteiger partial charge on any atom is -0.383 e. The molecule has 2 heterocycles. The third kappa shape index (κ3) is 2.39. The Labute approximate surface area is 131 Å². The van der Waals surface area contributed by atoms with E-state index < -0.39 is 0 Å². The van der Waals surface area contributed by atoms with Gasteiger partial charge in [-0.15, -0.1) is 0 Å². The topological polar surface area (TPSA) is 61.7 Å². The lowest BCUT2D eigenvalue weighted by atomic mass is 10.0. The maximum Gasteiger partial charge on any atom is 0.129 e. The number of halogens is 2. The highest BCUT2D eigenvalue weighted by Crippen LogP contribution is 2.37. The molecule has 2 N–H and O–H groups in total. The Hall–Kier alpha value is -1.98. The van der Waals surface area contributed by atoms with Gasteiger partial charge in [-0.2, -0.15) is 10.2 Å². The second kappa shape index (κ2) is 5.09. The standard InChI is InChI=1S/C14H13Cl2N5/c1-20-6-5-11(18-20)13-12(14(17)21(2)19-13)8-3-4-9(15)10(16)7-8/h3-7H,17H2,1-2H3. The zero-order valence-corrected chi connectivity index (χ0v) is 13.0. The Bertz CT molecular complexity index is 819. The average molecular weight is 322 g/mol. The van der Waals surface area contributed by atoms with Crippen molar-refractivity contribution < 1.29 is 0 Å². The van der Waals surface area contributed by atoms with Crippen molar-refractivity contribution >= 4 is 29.0 Å². The van der Waals surface area contributed by atoms with Crippen LogP contribution in [0, 0.1) is 0 Å². The van der Waals surface area contributed by atoms with Gasteiger partial charge in [0.05, 0.1) is 15.6 Å². The molecule has 5 nitrogen and oxygen atoms in total. The fraction of sp³-hybridized carbons (Fsp3) is 0.143. The van der Waals surface area contributed by atoms with E-state index in [1.54, 1.807) is 28.5 Å². The quantitative estimate of drug-likeness (QED) is 0.787. The van der Waals surface area contributed by atoms with Crippen LogP contribution in [0.15, 0.2) is 30.5 Å². The predicted octanol–water partition coefficient (Wildman–Crippen LogP) is 3.38. The second-order valence-corrected chi connectivity index (χ2v) is 5.55. The minimum atomic E-state index is 0.476. The SMILES string of the molecule is Cn1ccc(-c2nn(C)c(N)c2-c2ccc(Cl)c(Cl)c2)n1. The van der Waals surface area contributed by atoms with Gasteiger partial charge in [-0.1, -0.05) is 29.3 Å². The molecular weight excluding hydrogens is 309 g/mol. The lowest BCUT2D eigenvalue weighted by Crippen LogP contribution is -1.98. The van der Waals surface area contributed by atoms with Gasteiger partial charge in [-0.3, -0.25) is 9.36 Å². The van der Waals surface area contributed by atoms with Crippen molar-refractivity contribution in [3.8, 4) is 22.5 Å². The van der Waals surface area contributed by atoms with Crippen molar-refractivity contribution in [2.24, 2.45) is 14.1 Å². The Morgan fingerprint density at radius 2 is 1.81 bits per heavy atom. The molecule has 0 atom stereocenters. The molecule has 0 aliphatic heterocycles. The molecular formula is C14H13Cl2N5. The van der Waals surface area contributed by atoms with E-state index in [9.17, 15) is 0 Å². The number of hydrogen-bond donors (Lipinski definition) is 1. The van der Waals surface area contributed by atoms with Gasteiger partial charge in [0.1, 0.15) is 17.2 Å². The Kier molecular flexibility index (Phi) is 3.39. The molecule has 0 spiro atoms. The Balaban J connectivity index is 2.24. The molecule has 0 aliphatic carbocycles. The minimum absolute atomic E-state index is 0.476. The molecule has 0 saturated carbocycles. The maximum absolute atomic E-state index is 6.16. The van der Waals surface area contributed by atoms with Gasteiger partial charge in [-0.05, 0) is 23.8 Å². The predicted molar refractivity (Wildman–Crippen MR) is 85.3 cm³/mol. The molecule has 0 radical (unpaired) electrons. The summed E-state index contributed by atoms with van der Waals surface area (Å²) in [7, 11) is 3.65. The summed E-state index contributed by atoms with van der Waals surface area (Å²) in [6, 6.07) is 7.29. The van der Waals surface area contributed by atoms with Crippen LogP contribution in [0.25, 0.3) is 22.5 Å². The van der Waals surface area contributed by atoms with Crippen LogP contribution in [-0.4, -0.2) is 19.6 Å². The summed E-state index contributed by atoms with van der Waals surface area (Å²) in [5.41, 5.74) is 9.29. The number of aryl methyl sites for hydroxylation is 2. The van der Waals surface area contributed by atoms with Crippen LogP contribution in [0.1, 0.15) is 0 Å². The fourth-order valence-electron chi connectivity index (χ4n) is 2.19. The summed E-state index contributed by atoms with van der Waals surface area (Å²) in [4.78, 5) is 0. The number of anilines is 1. The lowest BCUT2D eigenvalue weighted by molar-refractivity contribution is 0.760. The second-order valence-electron chi connectivity index (χ2n) is 4.74.